The van der Waals surface area contributed by atoms with Crippen LogP contribution in [0.4, 0.5) is 0 Å². The van der Waals surface area contributed by atoms with Crippen LogP contribution in [0, 0.1) is 0 Å². The van der Waals surface area contributed by atoms with Crippen LogP contribution in [-0.2, 0) is 11.3 Å². The molecule has 6 nitrogen and oxygen atoms in total. The van der Waals surface area contributed by atoms with Gasteiger partial charge in [-0.1, -0.05) is 12.1 Å². The number of carbonyl (C=O) groups excluding carboxylic acids is 1. The van der Waals surface area contributed by atoms with Gasteiger partial charge in [0.25, 0.3) is 0 Å². The van der Waals surface area contributed by atoms with Gasteiger partial charge in [-0.3, -0.25) is 9.78 Å². The summed E-state index contributed by atoms with van der Waals surface area (Å²) in [5.74, 6) is 1.06. The average Bonchev–Trinajstić information content (AvgIpc) is 3.20. The van der Waals surface area contributed by atoms with Crippen molar-refractivity contribution in [2.45, 2.75) is 6.54 Å². The summed E-state index contributed by atoms with van der Waals surface area (Å²) in [6.07, 6.45) is 4.93. The van der Waals surface area contributed by atoms with Crippen molar-refractivity contribution in [2.75, 3.05) is 14.2 Å². The molecule has 138 valence electrons. The number of nitrogens with zero attached hydrogens (tertiary/aromatic N) is 2. The number of amides is 1. The third-order valence-corrected chi connectivity index (χ3v) is 4.63. The maximum atomic E-state index is 12.1. The number of pyridine rings is 1. The molecule has 27 heavy (non-hydrogen) atoms. The highest BCUT2D eigenvalue weighted by atomic mass is 32.1. The van der Waals surface area contributed by atoms with Gasteiger partial charge in [0.05, 0.1) is 32.2 Å². The summed E-state index contributed by atoms with van der Waals surface area (Å²) >= 11 is 1.50. The number of rotatable bonds is 7. The number of methoxy groups -OCH3 is 2. The summed E-state index contributed by atoms with van der Waals surface area (Å²) < 4.78 is 10.5. The summed E-state index contributed by atoms with van der Waals surface area (Å²) in [4.78, 5) is 20.8. The average molecular weight is 381 g/mol. The van der Waals surface area contributed by atoms with Crippen LogP contribution in [-0.4, -0.2) is 30.1 Å². The standard InChI is InChI=1S/C20H19N3O3S/c1-25-17-8-6-14(11-18(17)26-2)7-9-19(24)22-12-15-13-27-20(23-15)16-5-3-4-10-21-16/h3-11,13H,12H2,1-2H3,(H,22,24)/b9-7+. The van der Waals surface area contributed by atoms with Crippen molar-refractivity contribution in [3.8, 4) is 22.2 Å². The summed E-state index contributed by atoms with van der Waals surface area (Å²) in [5, 5.41) is 5.58. The molecule has 3 aromatic rings. The highest BCUT2D eigenvalue weighted by Gasteiger charge is 2.06. The molecule has 2 heterocycles. The number of thiazole rings is 1. The fourth-order valence-electron chi connectivity index (χ4n) is 2.36. The predicted molar refractivity (Wildman–Crippen MR) is 106 cm³/mol. The molecule has 0 atom stereocenters. The monoisotopic (exact) mass is 381 g/mol. The van der Waals surface area contributed by atoms with E-state index in [1.165, 1.54) is 17.4 Å². The van der Waals surface area contributed by atoms with Crippen LogP contribution in [0.25, 0.3) is 16.8 Å². The Hall–Kier alpha value is -3.19. The molecule has 0 aliphatic heterocycles. The molecule has 0 aliphatic carbocycles. The van der Waals surface area contributed by atoms with Gasteiger partial charge >= 0.3 is 0 Å². The van der Waals surface area contributed by atoms with Crippen molar-refractivity contribution in [3.05, 3.63) is 65.3 Å². The highest BCUT2D eigenvalue weighted by Crippen LogP contribution is 2.28. The van der Waals surface area contributed by atoms with E-state index < -0.39 is 0 Å². The lowest BCUT2D eigenvalue weighted by Gasteiger charge is -2.07. The topological polar surface area (TPSA) is 73.3 Å². The normalized spacial score (nSPS) is 10.7. The first kappa shape index (κ1) is 18.6. The van der Waals surface area contributed by atoms with Crippen LogP contribution in [0.3, 0.4) is 0 Å². The molecule has 7 heteroatoms. The van der Waals surface area contributed by atoms with E-state index in [-0.39, 0.29) is 5.91 Å². The van der Waals surface area contributed by atoms with E-state index in [9.17, 15) is 4.79 Å². The summed E-state index contributed by atoms with van der Waals surface area (Å²) in [7, 11) is 3.16. The number of nitrogens with one attached hydrogen (secondary N) is 1. The molecule has 0 fully saturated rings. The van der Waals surface area contributed by atoms with Gasteiger partial charge < -0.3 is 14.8 Å². The van der Waals surface area contributed by atoms with E-state index in [0.29, 0.717) is 18.0 Å². The van der Waals surface area contributed by atoms with E-state index in [1.807, 2.05) is 35.7 Å². The van der Waals surface area contributed by atoms with Crippen molar-refractivity contribution in [1.82, 2.24) is 15.3 Å². The Morgan fingerprint density at radius 3 is 2.78 bits per heavy atom. The fourth-order valence-corrected chi connectivity index (χ4v) is 3.16. The van der Waals surface area contributed by atoms with Gasteiger partial charge in [0.2, 0.25) is 5.91 Å². The number of hydrogen-bond acceptors (Lipinski definition) is 6. The smallest absolute Gasteiger partial charge is 0.244 e. The van der Waals surface area contributed by atoms with Crippen LogP contribution in [0.15, 0.2) is 54.1 Å². The summed E-state index contributed by atoms with van der Waals surface area (Å²) in [5.41, 5.74) is 2.47. The van der Waals surface area contributed by atoms with Crippen molar-refractivity contribution in [1.29, 1.82) is 0 Å². The number of aromatic nitrogens is 2. The zero-order valence-electron chi connectivity index (χ0n) is 15.0. The zero-order valence-corrected chi connectivity index (χ0v) is 15.8. The quantitative estimate of drug-likeness (QED) is 0.634. The van der Waals surface area contributed by atoms with E-state index in [2.05, 4.69) is 15.3 Å². The Balaban J connectivity index is 1.57. The van der Waals surface area contributed by atoms with Gasteiger partial charge in [-0.25, -0.2) is 4.98 Å². The molecular weight excluding hydrogens is 362 g/mol. The molecule has 2 aromatic heterocycles. The van der Waals surface area contributed by atoms with Gasteiger partial charge in [0, 0.05) is 17.7 Å². The number of hydrogen-bond donors (Lipinski definition) is 1. The Labute approximate surface area is 161 Å². The molecule has 0 aliphatic rings. The molecule has 1 aromatic carbocycles. The second kappa shape index (κ2) is 8.95. The van der Waals surface area contributed by atoms with Gasteiger partial charge in [-0.05, 0) is 35.9 Å². The van der Waals surface area contributed by atoms with Crippen LogP contribution in [0.5, 0.6) is 11.5 Å². The maximum Gasteiger partial charge on any atom is 0.244 e. The number of carbonyl (C=O) groups is 1. The van der Waals surface area contributed by atoms with Crippen LogP contribution < -0.4 is 14.8 Å². The lowest BCUT2D eigenvalue weighted by Crippen LogP contribution is -2.20. The van der Waals surface area contributed by atoms with Crippen molar-refractivity contribution < 1.29 is 14.3 Å². The fraction of sp³-hybridized carbons (Fsp3) is 0.150. The summed E-state index contributed by atoms with van der Waals surface area (Å²) in [6, 6.07) is 11.2. The van der Waals surface area contributed by atoms with E-state index in [1.54, 1.807) is 32.6 Å². The predicted octanol–water partition coefficient (Wildman–Crippen LogP) is 3.55. The zero-order chi connectivity index (χ0) is 19.1. The Morgan fingerprint density at radius 2 is 2.04 bits per heavy atom. The Kier molecular flexibility index (Phi) is 6.17. The van der Waals surface area contributed by atoms with Crippen LogP contribution in [0.2, 0.25) is 0 Å². The molecule has 0 unspecified atom stereocenters. The van der Waals surface area contributed by atoms with Crippen molar-refractivity contribution in [2.24, 2.45) is 0 Å². The van der Waals surface area contributed by atoms with Crippen LogP contribution in [0.1, 0.15) is 11.3 Å². The molecule has 0 radical (unpaired) electrons. The lowest BCUT2D eigenvalue weighted by molar-refractivity contribution is -0.116. The first-order chi connectivity index (χ1) is 13.2. The molecular formula is C20H19N3O3S. The van der Waals surface area contributed by atoms with Crippen molar-refractivity contribution >= 4 is 23.3 Å². The second-order valence-electron chi connectivity index (χ2n) is 5.52. The minimum absolute atomic E-state index is 0.197. The van der Waals surface area contributed by atoms with Gasteiger partial charge in [0.15, 0.2) is 11.5 Å². The largest absolute Gasteiger partial charge is 0.493 e. The van der Waals surface area contributed by atoms with Gasteiger partial charge in [-0.2, -0.15) is 0 Å². The van der Waals surface area contributed by atoms with Crippen molar-refractivity contribution in [3.63, 3.8) is 0 Å². The lowest BCUT2D eigenvalue weighted by atomic mass is 10.2. The minimum Gasteiger partial charge on any atom is -0.493 e. The number of benzene rings is 1. The Morgan fingerprint density at radius 1 is 1.19 bits per heavy atom. The first-order valence-corrected chi connectivity index (χ1v) is 9.11. The van der Waals surface area contributed by atoms with E-state index >= 15 is 0 Å². The van der Waals surface area contributed by atoms with E-state index in [0.717, 1.165) is 22.0 Å². The molecule has 1 N–H and O–H groups in total. The molecule has 0 saturated heterocycles. The molecule has 3 rings (SSSR count). The molecule has 0 bridgehead atoms. The SMILES string of the molecule is COc1ccc(/C=C/C(=O)NCc2csc(-c3ccccn3)n2)cc1OC. The minimum atomic E-state index is -0.197. The highest BCUT2D eigenvalue weighted by molar-refractivity contribution is 7.13. The maximum absolute atomic E-state index is 12.1. The van der Waals surface area contributed by atoms with Gasteiger partial charge in [-0.15, -0.1) is 11.3 Å². The summed E-state index contributed by atoms with van der Waals surface area (Å²) in [6.45, 7) is 0.360. The first-order valence-electron chi connectivity index (χ1n) is 8.23. The molecule has 1 amide bonds. The number of ether oxygens (including phenoxy) is 2. The molecule has 0 saturated carbocycles. The third-order valence-electron chi connectivity index (χ3n) is 3.71. The Bertz CT molecular complexity index is 939. The van der Waals surface area contributed by atoms with Crippen LogP contribution >= 0.6 is 11.3 Å². The molecule has 0 spiro atoms. The third kappa shape index (κ3) is 4.92. The van der Waals surface area contributed by atoms with E-state index in [4.69, 9.17) is 9.47 Å². The van der Waals surface area contributed by atoms with Gasteiger partial charge in [0.1, 0.15) is 5.01 Å². The second-order valence-corrected chi connectivity index (χ2v) is 6.38.